The molecule has 0 spiro atoms. The first-order valence-electron chi connectivity index (χ1n) is 14.5. The van der Waals surface area contributed by atoms with Gasteiger partial charge in [0.1, 0.15) is 30.4 Å². The van der Waals surface area contributed by atoms with Crippen molar-refractivity contribution < 1.29 is 39.1 Å². The number of rotatable bonds is 10. The summed E-state index contributed by atoms with van der Waals surface area (Å²) in [6, 6.07) is 11.2. The van der Waals surface area contributed by atoms with Crippen LogP contribution in [0, 0.1) is 12.8 Å². The average Bonchev–Trinajstić information content (AvgIpc) is 3.63. The highest BCUT2D eigenvalue weighted by Gasteiger charge is 2.44. The Balaban J connectivity index is 0.000000223. The minimum absolute atomic E-state index is 0.220. The van der Waals surface area contributed by atoms with Crippen LogP contribution in [0.4, 0.5) is 5.82 Å². The Bertz CT molecular complexity index is 1350. The van der Waals surface area contributed by atoms with E-state index in [0.717, 1.165) is 60.6 Å². The van der Waals surface area contributed by atoms with E-state index in [0.29, 0.717) is 24.7 Å². The maximum absolute atomic E-state index is 11.6. The number of aliphatic hydroxyl groups excluding tert-OH is 3. The standard InChI is InChI=1S/C21H27N3O3.C8H12N4O5/c1-3-26-21(25)18-5-7-19(8-6-18)27-15-12-17-10-13-24(14-11-17)20-9-4-16(2)22-23-20;9-6(16)7-10-2-12(11-7)8-5(15)4(14)3(1-13)17-8/h4-9,17H,3,10-15H2,1-2H3;2-5,8,13-15H,1H2,(H2,9,16)/t;3-,4-,5-,8-/m.1/s1. The number of carbonyl (C=O) groups excluding carboxylic acids is 2. The second-order valence-electron chi connectivity index (χ2n) is 10.5. The monoisotopic (exact) mass is 613 g/mol. The average molecular weight is 614 g/mol. The van der Waals surface area contributed by atoms with Gasteiger partial charge in [-0.1, -0.05) is 0 Å². The van der Waals surface area contributed by atoms with E-state index in [1.54, 1.807) is 19.1 Å². The van der Waals surface area contributed by atoms with E-state index < -0.39 is 37.1 Å². The second-order valence-corrected chi connectivity index (χ2v) is 10.5. The molecule has 2 aliphatic heterocycles. The predicted molar refractivity (Wildman–Crippen MR) is 156 cm³/mol. The molecule has 1 aromatic carbocycles. The van der Waals surface area contributed by atoms with E-state index in [1.165, 1.54) is 0 Å². The molecule has 238 valence electrons. The van der Waals surface area contributed by atoms with Crippen molar-refractivity contribution in [3.8, 4) is 5.75 Å². The first-order chi connectivity index (χ1) is 21.2. The van der Waals surface area contributed by atoms with Gasteiger partial charge in [-0.05, 0) is 75.4 Å². The van der Waals surface area contributed by atoms with Crippen LogP contribution < -0.4 is 15.4 Å². The van der Waals surface area contributed by atoms with E-state index in [2.05, 4.69) is 25.2 Å². The summed E-state index contributed by atoms with van der Waals surface area (Å²) in [5, 5.41) is 40.2. The lowest BCUT2D eigenvalue weighted by atomic mass is 9.94. The van der Waals surface area contributed by atoms with Gasteiger partial charge in [-0.15, -0.1) is 10.2 Å². The number of aryl methyl sites for hydroxylation is 1. The molecule has 3 aromatic rings. The third-order valence-corrected chi connectivity index (χ3v) is 7.39. The van der Waals surface area contributed by atoms with Crippen LogP contribution in [0.3, 0.4) is 0 Å². The van der Waals surface area contributed by atoms with Crippen molar-refractivity contribution in [3.05, 3.63) is 59.8 Å². The Morgan fingerprint density at radius 2 is 1.80 bits per heavy atom. The fourth-order valence-corrected chi connectivity index (χ4v) is 4.87. The van der Waals surface area contributed by atoms with E-state index >= 15 is 0 Å². The molecule has 0 aliphatic carbocycles. The minimum Gasteiger partial charge on any atom is -0.494 e. The Hall–Kier alpha value is -4.18. The SMILES string of the molecule is CCOC(=O)c1ccc(OCCC2CCN(c3ccc(C)nn3)CC2)cc1.NC(=O)c1ncn([C@@H]2O[C@H](CO)[C@@H](O)[C@H]2O)n1. The number of hydrogen-bond donors (Lipinski definition) is 4. The Morgan fingerprint density at radius 3 is 2.36 bits per heavy atom. The largest absolute Gasteiger partial charge is 0.494 e. The number of ether oxygens (including phenoxy) is 3. The normalized spacial score (nSPS) is 21.8. The molecule has 0 bridgehead atoms. The number of carbonyl (C=O) groups is 2. The molecule has 0 saturated carbocycles. The highest BCUT2D eigenvalue weighted by atomic mass is 16.6. The number of piperidine rings is 1. The highest BCUT2D eigenvalue weighted by Crippen LogP contribution is 2.28. The van der Waals surface area contributed by atoms with Gasteiger partial charge in [-0.3, -0.25) is 4.79 Å². The maximum atomic E-state index is 11.6. The topological polar surface area (TPSA) is 208 Å². The molecule has 1 amide bonds. The Morgan fingerprint density at radius 1 is 1.07 bits per heavy atom. The number of aliphatic hydroxyl groups is 3. The maximum Gasteiger partial charge on any atom is 0.338 e. The first-order valence-corrected chi connectivity index (χ1v) is 14.5. The van der Waals surface area contributed by atoms with Crippen LogP contribution in [0.1, 0.15) is 59.1 Å². The van der Waals surface area contributed by atoms with Gasteiger partial charge in [0.15, 0.2) is 12.0 Å². The first kappa shape index (κ1) is 32.7. The molecule has 2 aromatic heterocycles. The lowest BCUT2D eigenvalue weighted by Gasteiger charge is -2.32. The van der Waals surface area contributed by atoms with Crippen LogP contribution in [0.25, 0.3) is 0 Å². The van der Waals surface area contributed by atoms with Gasteiger partial charge >= 0.3 is 5.97 Å². The summed E-state index contributed by atoms with van der Waals surface area (Å²) in [5.41, 5.74) is 6.47. The lowest BCUT2D eigenvalue weighted by molar-refractivity contribution is -0.0588. The van der Waals surface area contributed by atoms with Crippen LogP contribution in [0.15, 0.2) is 42.7 Å². The van der Waals surface area contributed by atoms with Crippen molar-refractivity contribution >= 4 is 17.7 Å². The van der Waals surface area contributed by atoms with Crippen molar-refractivity contribution in [1.29, 1.82) is 0 Å². The summed E-state index contributed by atoms with van der Waals surface area (Å²) in [7, 11) is 0. The van der Waals surface area contributed by atoms with E-state index in [-0.39, 0.29) is 11.8 Å². The Labute approximate surface area is 254 Å². The van der Waals surface area contributed by atoms with E-state index in [1.807, 2.05) is 31.2 Å². The summed E-state index contributed by atoms with van der Waals surface area (Å²) in [6.07, 6.45) is 0.0503. The quantitative estimate of drug-likeness (QED) is 0.232. The summed E-state index contributed by atoms with van der Waals surface area (Å²) in [4.78, 5) is 28.3. The smallest absolute Gasteiger partial charge is 0.338 e. The summed E-state index contributed by atoms with van der Waals surface area (Å²) >= 11 is 0. The predicted octanol–water partition coefficient (Wildman–Crippen LogP) is 0.636. The molecule has 0 unspecified atom stereocenters. The summed E-state index contributed by atoms with van der Waals surface area (Å²) in [5.74, 6) is 1.10. The number of nitrogens with two attached hydrogens (primary N) is 1. The van der Waals surface area contributed by atoms with Gasteiger partial charge in [-0.2, -0.15) is 5.10 Å². The number of amides is 1. The zero-order valence-electron chi connectivity index (χ0n) is 24.7. The molecule has 2 fully saturated rings. The zero-order valence-corrected chi connectivity index (χ0v) is 24.7. The molecule has 4 heterocycles. The zero-order chi connectivity index (χ0) is 31.6. The van der Waals surface area contributed by atoms with Crippen molar-refractivity contribution in [3.63, 3.8) is 0 Å². The molecular formula is C29H39N7O8. The van der Waals surface area contributed by atoms with Gasteiger partial charge in [0.25, 0.3) is 5.91 Å². The number of hydrogen-bond acceptors (Lipinski definition) is 13. The summed E-state index contributed by atoms with van der Waals surface area (Å²) in [6.45, 7) is 6.40. The lowest BCUT2D eigenvalue weighted by Crippen LogP contribution is -2.34. The summed E-state index contributed by atoms with van der Waals surface area (Å²) < 4.78 is 17.1. The van der Waals surface area contributed by atoms with Crippen molar-refractivity contribution in [1.82, 2.24) is 25.0 Å². The van der Waals surface area contributed by atoms with Crippen LogP contribution in [0.2, 0.25) is 0 Å². The van der Waals surface area contributed by atoms with Crippen molar-refractivity contribution in [2.24, 2.45) is 11.7 Å². The number of benzene rings is 1. The fourth-order valence-electron chi connectivity index (χ4n) is 4.87. The van der Waals surface area contributed by atoms with Gasteiger partial charge in [0.2, 0.25) is 5.82 Å². The third kappa shape index (κ3) is 8.47. The second kappa shape index (κ2) is 15.5. The van der Waals surface area contributed by atoms with Crippen LogP contribution in [-0.4, -0.2) is 103 Å². The minimum atomic E-state index is -1.27. The molecule has 5 rings (SSSR count). The number of esters is 1. The van der Waals surface area contributed by atoms with E-state index in [9.17, 15) is 19.8 Å². The molecule has 15 heteroatoms. The number of aromatic nitrogens is 5. The third-order valence-electron chi connectivity index (χ3n) is 7.39. The molecule has 0 radical (unpaired) electrons. The van der Waals surface area contributed by atoms with Gasteiger partial charge in [0, 0.05) is 13.1 Å². The molecule has 4 atom stereocenters. The molecule has 15 nitrogen and oxygen atoms in total. The fraction of sp³-hybridized carbons (Fsp3) is 0.517. The van der Waals surface area contributed by atoms with Crippen molar-refractivity contribution in [2.45, 2.75) is 57.6 Å². The number of nitrogens with zero attached hydrogens (tertiary/aromatic N) is 6. The highest BCUT2D eigenvalue weighted by molar-refractivity contribution is 5.89. The van der Waals surface area contributed by atoms with Gasteiger partial charge in [-0.25, -0.2) is 14.5 Å². The van der Waals surface area contributed by atoms with Crippen LogP contribution >= 0.6 is 0 Å². The number of primary amides is 1. The number of anilines is 1. The van der Waals surface area contributed by atoms with Gasteiger partial charge in [0.05, 0.1) is 31.1 Å². The molecule has 2 saturated heterocycles. The molecule has 44 heavy (non-hydrogen) atoms. The van der Waals surface area contributed by atoms with Crippen molar-refractivity contribution in [2.75, 3.05) is 37.8 Å². The van der Waals surface area contributed by atoms with Crippen LogP contribution in [-0.2, 0) is 9.47 Å². The molecule has 2 aliphatic rings. The molecule has 5 N–H and O–H groups in total. The van der Waals surface area contributed by atoms with Gasteiger partial charge < -0.3 is 40.2 Å². The van der Waals surface area contributed by atoms with E-state index in [4.69, 9.17) is 25.1 Å². The molecular weight excluding hydrogens is 574 g/mol. The van der Waals surface area contributed by atoms with Crippen LogP contribution in [0.5, 0.6) is 5.75 Å². The Kier molecular flexibility index (Phi) is 11.5.